The summed E-state index contributed by atoms with van der Waals surface area (Å²) in [6.07, 6.45) is 3.63. The van der Waals surface area contributed by atoms with Crippen molar-refractivity contribution in [1.29, 1.82) is 0 Å². The number of esters is 1. The van der Waals surface area contributed by atoms with Crippen LogP contribution in [0.4, 0.5) is 16.4 Å². The Bertz CT molecular complexity index is 1160. The highest BCUT2D eigenvalue weighted by molar-refractivity contribution is 7.20. The molecule has 2 aromatic heterocycles. The number of fused-ring (bicyclic) bond motifs is 1. The van der Waals surface area contributed by atoms with Crippen molar-refractivity contribution < 1.29 is 19.1 Å². The van der Waals surface area contributed by atoms with Crippen LogP contribution in [0.1, 0.15) is 23.0 Å². The Morgan fingerprint density at radius 2 is 1.85 bits per heavy atom. The molecule has 1 fully saturated rings. The minimum Gasteiger partial charge on any atom is -0.462 e. The summed E-state index contributed by atoms with van der Waals surface area (Å²) < 4.78 is 5.97. The average Bonchev–Trinajstić information content (AvgIpc) is 3.28. The molecule has 1 saturated heterocycles. The minimum atomic E-state index is -0.390. The molecule has 11 heteroatoms. The summed E-state index contributed by atoms with van der Waals surface area (Å²) in [5, 5.41) is 6.34. The fourth-order valence-corrected chi connectivity index (χ4v) is 4.59. The van der Waals surface area contributed by atoms with Crippen LogP contribution in [-0.4, -0.2) is 72.1 Å². The maximum absolute atomic E-state index is 12.5. The van der Waals surface area contributed by atoms with E-state index >= 15 is 0 Å². The first-order chi connectivity index (χ1) is 16.5. The standard InChI is InChI=1S/C23H26N6O4S/c1-2-33-21(31)19-15-16-14-17(4-5-18(16)34-19)27-23(32)26-9-6-20(30)28-10-12-29(13-11-28)22-24-7-3-8-25-22/h3-5,7-8,14-15H,2,6,9-13H2,1H3,(H2,26,27,32). The topological polar surface area (TPSA) is 117 Å². The molecule has 0 radical (unpaired) electrons. The van der Waals surface area contributed by atoms with Crippen LogP contribution in [0.3, 0.4) is 0 Å². The maximum atomic E-state index is 12.5. The van der Waals surface area contributed by atoms with Crippen LogP contribution in [0, 0.1) is 0 Å². The number of carbonyl (C=O) groups excluding carboxylic acids is 3. The molecule has 10 nitrogen and oxygen atoms in total. The Kier molecular flexibility index (Phi) is 7.53. The molecule has 3 aromatic rings. The monoisotopic (exact) mass is 482 g/mol. The van der Waals surface area contributed by atoms with E-state index in [9.17, 15) is 14.4 Å². The van der Waals surface area contributed by atoms with Crippen LogP contribution in [-0.2, 0) is 9.53 Å². The lowest BCUT2D eigenvalue weighted by Gasteiger charge is -2.34. The van der Waals surface area contributed by atoms with Crippen LogP contribution < -0.4 is 15.5 Å². The summed E-state index contributed by atoms with van der Waals surface area (Å²) in [5.74, 6) is 0.321. The molecule has 0 aliphatic carbocycles. The van der Waals surface area contributed by atoms with Gasteiger partial charge in [-0.3, -0.25) is 4.79 Å². The Balaban J connectivity index is 1.21. The zero-order chi connectivity index (χ0) is 23.9. The molecule has 3 heterocycles. The summed E-state index contributed by atoms with van der Waals surface area (Å²) in [5.41, 5.74) is 0.601. The van der Waals surface area contributed by atoms with Crippen molar-refractivity contribution in [1.82, 2.24) is 20.2 Å². The minimum absolute atomic E-state index is 0.000109. The predicted octanol–water partition coefficient (Wildman–Crippen LogP) is 2.73. The number of piperazine rings is 1. The third kappa shape index (κ3) is 5.79. The molecule has 3 amide bonds. The number of thiophene rings is 1. The molecule has 0 spiro atoms. The number of nitrogens with zero attached hydrogens (tertiary/aromatic N) is 4. The van der Waals surface area contributed by atoms with Gasteiger partial charge in [-0.25, -0.2) is 19.6 Å². The van der Waals surface area contributed by atoms with Crippen molar-refractivity contribution in [2.75, 3.05) is 49.5 Å². The summed E-state index contributed by atoms with van der Waals surface area (Å²) >= 11 is 1.35. The van der Waals surface area contributed by atoms with Gasteiger partial charge < -0.3 is 25.2 Å². The zero-order valence-corrected chi connectivity index (χ0v) is 19.6. The van der Waals surface area contributed by atoms with Crippen molar-refractivity contribution in [3.63, 3.8) is 0 Å². The van der Waals surface area contributed by atoms with Crippen molar-refractivity contribution in [3.05, 3.63) is 47.6 Å². The van der Waals surface area contributed by atoms with E-state index < -0.39 is 0 Å². The van der Waals surface area contributed by atoms with Gasteiger partial charge in [-0.1, -0.05) is 0 Å². The Morgan fingerprint density at radius 3 is 2.59 bits per heavy atom. The summed E-state index contributed by atoms with van der Waals surface area (Å²) in [4.78, 5) is 49.5. The van der Waals surface area contributed by atoms with Gasteiger partial charge in [0.15, 0.2) is 0 Å². The lowest BCUT2D eigenvalue weighted by Crippen LogP contribution is -2.49. The second-order valence-electron chi connectivity index (χ2n) is 7.63. The van der Waals surface area contributed by atoms with E-state index in [-0.39, 0.29) is 30.9 Å². The molecule has 1 aliphatic heterocycles. The van der Waals surface area contributed by atoms with Gasteiger partial charge >= 0.3 is 12.0 Å². The quantitative estimate of drug-likeness (QED) is 0.497. The van der Waals surface area contributed by atoms with Gasteiger partial charge in [0.1, 0.15) is 4.88 Å². The summed E-state index contributed by atoms with van der Waals surface area (Å²) in [7, 11) is 0. The first kappa shape index (κ1) is 23.4. The first-order valence-corrected chi connectivity index (χ1v) is 11.9. The average molecular weight is 483 g/mol. The first-order valence-electron chi connectivity index (χ1n) is 11.1. The fraction of sp³-hybridized carbons (Fsp3) is 0.348. The molecule has 0 unspecified atom stereocenters. The molecular formula is C23H26N6O4S. The number of carbonyl (C=O) groups is 3. The molecular weight excluding hydrogens is 456 g/mol. The van der Waals surface area contributed by atoms with E-state index in [2.05, 4.69) is 25.5 Å². The van der Waals surface area contributed by atoms with Crippen LogP contribution in [0.2, 0.25) is 0 Å². The second-order valence-corrected chi connectivity index (χ2v) is 8.72. The zero-order valence-electron chi connectivity index (χ0n) is 18.8. The lowest BCUT2D eigenvalue weighted by atomic mass is 10.2. The van der Waals surface area contributed by atoms with E-state index in [1.807, 2.05) is 6.07 Å². The second kappa shape index (κ2) is 10.9. The van der Waals surface area contributed by atoms with Crippen molar-refractivity contribution >= 4 is 51.0 Å². The summed E-state index contributed by atoms with van der Waals surface area (Å²) in [6, 6.07) is 8.56. The Labute approximate surface area is 200 Å². The van der Waals surface area contributed by atoms with Gasteiger partial charge in [0.2, 0.25) is 11.9 Å². The number of ether oxygens (including phenoxy) is 1. The molecule has 0 bridgehead atoms. The van der Waals surface area contributed by atoms with Gasteiger partial charge in [-0.2, -0.15) is 0 Å². The summed E-state index contributed by atoms with van der Waals surface area (Å²) in [6.45, 7) is 4.86. The van der Waals surface area contributed by atoms with E-state index in [0.717, 1.165) is 10.1 Å². The van der Waals surface area contributed by atoms with E-state index in [1.165, 1.54) is 11.3 Å². The molecule has 1 aliphatic rings. The maximum Gasteiger partial charge on any atom is 0.348 e. The van der Waals surface area contributed by atoms with Crippen LogP contribution in [0.5, 0.6) is 0 Å². The highest BCUT2D eigenvalue weighted by Gasteiger charge is 2.22. The molecule has 34 heavy (non-hydrogen) atoms. The largest absolute Gasteiger partial charge is 0.462 e. The molecule has 178 valence electrons. The van der Waals surface area contributed by atoms with E-state index in [0.29, 0.717) is 49.3 Å². The normalized spacial score (nSPS) is 13.6. The number of aromatic nitrogens is 2. The van der Waals surface area contributed by atoms with E-state index in [4.69, 9.17) is 4.74 Å². The van der Waals surface area contributed by atoms with Gasteiger partial charge in [-0.15, -0.1) is 11.3 Å². The molecule has 0 saturated carbocycles. The third-order valence-electron chi connectivity index (χ3n) is 5.34. The molecule has 2 N–H and O–H groups in total. The van der Waals surface area contributed by atoms with Crippen molar-refractivity contribution in [3.8, 4) is 0 Å². The number of hydrogen-bond acceptors (Lipinski definition) is 8. The van der Waals surface area contributed by atoms with Crippen molar-refractivity contribution in [2.24, 2.45) is 0 Å². The number of anilines is 2. The molecule has 0 atom stereocenters. The highest BCUT2D eigenvalue weighted by Crippen LogP contribution is 2.28. The SMILES string of the molecule is CCOC(=O)c1cc2cc(NC(=O)NCCC(=O)N3CCN(c4ncccn4)CC3)ccc2s1. The number of rotatable bonds is 7. The third-order valence-corrected chi connectivity index (χ3v) is 6.44. The van der Waals surface area contributed by atoms with Gasteiger partial charge in [0.25, 0.3) is 0 Å². The Hall–Kier alpha value is -3.73. The van der Waals surface area contributed by atoms with Crippen LogP contribution >= 0.6 is 11.3 Å². The van der Waals surface area contributed by atoms with E-state index in [1.54, 1.807) is 48.5 Å². The van der Waals surface area contributed by atoms with Gasteiger partial charge in [0.05, 0.1) is 6.61 Å². The lowest BCUT2D eigenvalue weighted by molar-refractivity contribution is -0.131. The Morgan fingerprint density at radius 1 is 1.09 bits per heavy atom. The smallest absolute Gasteiger partial charge is 0.348 e. The van der Waals surface area contributed by atoms with Crippen LogP contribution in [0.15, 0.2) is 42.7 Å². The number of hydrogen-bond donors (Lipinski definition) is 2. The van der Waals surface area contributed by atoms with Crippen molar-refractivity contribution in [2.45, 2.75) is 13.3 Å². The van der Waals surface area contributed by atoms with Gasteiger partial charge in [0, 0.05) is 61.9 Å². The predicted molar refractivity (Wildman–Crippen MR) is 130 cm³/mol. The van der Waals surface area contributed by atoms with Gasteiger partial charge in [-0.05, 0) is 42.6 Å². The fourth-order valence-electron chi connectivity index (χ4n) is 3.65. The number of urea groups is 1. The number of nitrogens with one attached hydrogen (secondary N) is 2. The number of amides is 3. The molecule has 4 rings (SSSR count). The number of benzene rings is 1. The van der Waals surface area contributed by atoms with Crippen LogP contribution in [0.25, 0.3) is 10.1 Å². The molecule has 1 aromatic carbocycles. The highest BCUT2D eigenvalue weighted by atomic mass is 32.1.